The van der Waals surface area contributed by atoms with Crippen molar-refractivity contribution in [3.63, 3.8) is 0 Å². The highest BCUT2D eigenvalue weighted by molar-refractivity contribution is 7.91. The number of nitrogens with one attached hydrogen (secondary N) is 1. The highest BCUT2D eigenvalue weighted by Crippen LogP contribution is 2.27. The molecule has 0 aromatic heterocycles. The van der Waals surface area contributed by atoms with Crippen molar-refractivity contribution >= 4 is 15.7 Å². The molecular formula is C12H21F3N2O3S. The number of nitrogens with zero attached hydrogens (tertiary/aromatic N) is 1. The maximum atomic E-state index is 12.0. The van der Waals surface area contributed by atoms with Crippen LogP contribution in [0.4, 0.5) is 13.2 Å². The third-order valence-corrected chi connectivity index (χ3v) is 5.31. The first-order valence-corrected chi connectivity index (χ1v) is 8.69. The molecule has 0 heterocycles. The van der Waals surface area contributed by atoms with E-state index >= 15 is 0 Å². The fraction of sp³-hybridized carbons (Fsp3) is 0.917. The number of likely N-dealkylation sites (N-methyl/N-ethyl adjacent to an activating group) is 1. The molecule has 0 aromatic rings. The van der Waals surface area contributed by atoms with Gasteiger partial charge in [0.15, 0.2) is 9.84 Å². The molecule has 0 aromatic carbocycles. The van der Waals surface area contributed by atoms with Crippen molar-refractivity contribution in [1.82, 2.24) is 10.2 Å². The fourth-order valence-electron chi connectivity index (χ4n) is 2.68. The Labute approximate surface area is 122 Å². The summed E-state index contributed by atoms with van der Waals surface area (Å²) in [6.07, 6.45) is -0.478. The van der Waals surface area contributed by atoms with Crippen LogP contribution in [0.15, 0.2) is 0 Å². The van der Waals surface area contributed by atoms with Crippen molar-refractivity contribution in [3.8, 4) is 0 Å². The van der Waals surface area contributed by atoms with Gasteiger partial charge < -0.3 is 5.32 Å². The molecule has 5 nitrogen and oxygen atoms in total. The van der Waals surface area contributed by atoms with Crippen molar-refractivity contribution < 1.29 is 26.4 Å². The van der Waals surface area contributed by atoms with Gasteiger partial charge in [0, 0.05) is 12.3 Å². The van der Waals surface area contributed by atoms with E-state index in [-0.39, 0.29) is 12.6 Å². The van der Waals surface area contributed by atoms with Crippen molar-refractivity contribution in [2.75, 3.05) is 26.4 Å². The van der Waals surface area contributed by atoms with Gasteiger partial charge in [-0.05, 0) is 19.9 Å². The number of carbonyl (C=O) groups is 1. The zero-order valence-corrected chi connectivity index (χ0v) is 12.9. The monoisotopic (exact) mass is 330 g/mol. The van der Waals surface area contributed by atoms with Crippen LogP contribution in [-0.4, -0.2) is 63.1 Å². The van der Waals surface area contributed by atoms with Crippen molar-refractivity contribution in [2.24, 2.45) is 0 Å². The summed E-state index contributed by atoms with van der Waals surface area (Å²) in [7, 11) is -1.67. The molecule has 1 aliphatic carbocycles. The summed E-state index contributed by atoms with van der Waals surface area (Å²) in [5.74, 6) is -0.757. The van der Waals surface area contributed by atoms with E-state index in [9.17, 15) is 26.4 Å². The fourth-order valence-corrected chi connectivity index (χ4v) is 4.19. The molecule has 21 heavy (non-hydrogen) atoms. The van der Waals surface area contributed by atoms with Crippen molar-refractivity contribution in [2.45, 2.75) is 43.2 Å². The Bertz CT molecular complexity index is 465. The van der Waals surface area contributed by atoms with Crippen LogP contribution in [0.3, 0.4) is 0 Å². The van der Waals surface area contributed by atoms with E-state index in [1.165, 1.54) is 4.90 Å². The largest absolute Gasteiger partial charge is 0.405 e. The highest BCUT2D eigenvalue weighted by atomic mass is 32.2. The molecule has 1 amide bonds. The van der Waals surface area contributed by atoms with Crippen molar-refractivity contribution in [1.29, 1.82) is 0 Å². The topological polar surface area (TPSA) is 66.5 Å². The summed E-state index contributed by atoms with van der Waals surface area (Å²) < 4.78 is 59.6. The van der Waals surface area contributed by atoms with Gasteiger partial charge in [0.1, 0.15) is 6.54 Å². The maximum Gasteiger partial charge on any atom is 0.405 e. The number of carbonyl (C=O) groups excluding carboxylic acids is 1. The predicted octanol–water partition coefficient (Wildman–Crippen LogP) is 0.953. The smallest absolute Gasteiger partial charge is 0.346 e. The molecule has 1 N–H and O–H groups in total. The third kappa shape index (κ3) is 6.21. The van der Waals surface area contributed by atoms with E-state index < -0.39 is 33.7 Å². The van der Waals surface area contributed by atoms with Gasteiger partial charge in [-0.25, -0.2) is 8.42 Å². The molecule has 0 spiro atoms. The molecule has 0 radical (unpaired) electrons. The zero-order chi connectivity index (χ0) is 16.3. The van der Waals surface area contributed by atoms with E-state index in [0.29, 0.717) is 12.8 Å². The van der Waals surface area contributed by atoms with E-state index in [1.54, 1.807) is 12.4 Å². The van der Waals surface area contributed by atoms with E-state index in [2.05, 4.69) is 0 Å². The lowest BCUT2D eigenvalue weighted by molar-refractivity contribution is -0.139. The Hall–Kier alpha value is -0.830. The van der Waals surface area contributed by atoms with E-state index in [4.69, 9.17) is 0 Å². The van der Waals surface area contributed by atoms with Crippen LogP contribution >= 0.6 is 0 Å². The van der Waals surface area contributed by atoms with E-state index in [0.717, 1.165) is 19.1 Å². The summed E-state index contributed by atoms with van der Waals surface area (Å²) in [4.78, 5) is 13.0. The molecule has 0 saturated heterocycles. The van der Waals surface area contributed by atoms with Crippen LogP contribution in [0, 0.1) is 0 Å². The van der Waals surface area contributed by atoms with Crippen molar-refractivity contribution in [3.05, 3.63) is 0 Å². The summed E-state index contributed by atoms with van der Waals surface area (Å²) in [5, 5.41) is 1.23. The number of alkyl halides is 3. The number of amides is 1. The first kappa shape index (κ1) is 18.2. The normalized spacial score (nSPS) is 24.1. The number of hydrogen-bond acceptors (Lipinski definition) is 4. The summed E-state index contributed by atoms with van der Waals surface area (Å²) >= 11 is 0. The Morgan fingerprint density at radius 3 is 2.38 bits per heavy atom. The molecule has 1 rings (SSSR count). The molecule has 0 aliphatic heterocycles. The summed E-state index contributed by atoms with van der Waals surface area (Å²) in [6.45, 7) is -1.62. The van der Waals surface area contributed by atoms with Gasteiger partial charge in [0.05, 0.1) is 11.8 Å². The van der Waals surface area contributed by atoms with Crippen LogP contribution in [0.2, 0.25) is 0 Å². The lowest BCUT2D eigenvalue weighted by Gasteiger charge is -2.36. The number of hydrogen-bond donors (Lipinski definition) is 1. The Morgan fingerprint density at radius 1 is 1.29 bits per heavy atom. The van der Waals surface area contributed by atoms with Gasteiger partial charge in [0.25, 0.3) is 0 Å². The van der Waals surface area contributed by atoms with Crippen LogP contribution in [-0.2, 0) is 14.6 Å². The highest BCUT2D eigenvalue weighted by Gasteiger charge is 2.36. The number of sulfone groups is 1. The second kappa shape index (κ2) is 6.95. The minimum absolute atomic E-state index is 0.243. The van der Waals surface area contributed by atoms with Crippen LogP contribution in [0.25, 0.3) is 0 Å². The predicted molar refractivity (Wildman–Crippen MR) is 72.6 cm³/mol. The third-order valence-electron chi connectivity index (χ3n) is 3.66. The van der Waals surface area contributed by atoms with E-state index in [1.807, 2.05) is 0 Å². The van der Waals surface area contributed by atoms with Gasteiger partial charge in [-0.15, -0.1) is 0 Å². The standard InChI is InChI=1S/C12H21F3N2O3S/c1-17(7-11(18)16-8-12(13,14)15)9-5-3-4-6-10(9)21(2,19)20/h9-10H,3-8H2,1-2H3,(H,16,18)/t9-,10+/m1/s1. The molecule has 9 heteroatoms. The molecule has 0 unspecified atom stereocenters. The molecule has 2 atom stereocenters. The average molecular weight is 330 g/mol. The molecule has 0 bridgehead atoms. The van der Waals surface area contributed by atoms with Gasteiger partial charge in [-0.1, -0.05) is 12.8 Å². The zero-order valence-electron chi connectivity index (χ0n) is 12.1. The van der Waals surface area contributed by atoms with Gasteiger partial charge in [0.2, 0.25) is 5.91 Å². The molecule has 1 aliphatic rings. The number of halogens is 3. The second-order valence-electron chi connectivity index (χ2n) is 5.53. The average Bonchev–Trinajstić information content (AvgIpc) is 2.34. The summed E-state index contributed by atoms with van der Waals surface area (Å²) in [6, 6.07) is -0.328. The first-order chi connectivity index (χ1) is 9.50. The summed E-state index contributed by atoms with van der Waals surface area (Å²) in [5.41, 5.74) is 0. The lowest BCUT2D eigenvalue weighted by atomic mass is 9.94. The maximum absolute atomic E-state index is 12.0. The Balaban J connectivity index is 2.60. The van der Waals surface area contributed by atoms with Crippen LogP contribution < -0.4 is 5.32 Å². The quantitative estimate of drug-likeness (QED) is 0.815. The molecule has 1 saturated carbocycles. The van der Waals surface area contributed by atoms with Crippen LogP contribution in [0.1, 0.15) is 25.7 Å². The SMILES string of the molecule is CN(CC(=O)NCC(F)(F)F)[C@@H]1CCCC[C@@H]1S(C)(=O)=O. The van der Waals surface area contributed by atoms with Gasteiger partial charge in [-0.2, -0.15) is 13.2 Å². The van der Waals surface area contributed by atoms with Crippen LogP contribution in [0.5, 0.6) is 0 Å². The Morgan fingerprint density at radius 2 is 1.86 bits per heavy atom. The van der Waals surface area contributed by atoms with Gasteiger partial charge in [-0.3, -0.25) is 9.69 Å². The minimum Gasteiger partial charge on any atom is -0.346 e. The molecule has 1 fully saturated rings. The minimum atomic E-state index is -4.45. The lowest BCUT2D eigenvalue weighted by Crippen LogP contribution is -2.50. The Kier molecular flexibility index (Phi) is 6.03. The second-order valence-corrected chi connectivity index (χ2v) is 7.79. The number of rotatable bonds is 5. The molecule has 124 valence electrons. The van der Waals surface area contributed by atoms with Gasteiger partial charge >= 0.3 is 6.18 Å². The molecular weight excluding hydrogens is 309 g/mol. The first-order valence-electron chi connectivity index (χ1n) is 6.73.